The lowest BCUT2D eigenvalue weighted by Gasteiger charge is -2.26. The molecule has 0 radical (unpaired) electrons. The topological polar surface area (TPSA) is 155 Å². The molecule has 11 nitrogen and oxygen atoms in total. The molecule has 1 aliphatic rings. The number of hydrogen-bond donors (Lipinski definition) is 3. The molecule has 0 saturated carbocycles. The molecule has 2 aromatic carbocycles. The van der Waals surface area contributed by atoms with Crippen LogP contribution in [0.15, 0.2) is 59.8 Å². The molecule has 4 rings (SSSR count). The highest BCUT2D eigenvalue weighted by Gasteiger charge is 2.43. The number of pyridine rings is 1. The predicted octanol–water partition coefficient (Wildman–Crippen LogP) is 5.03. The average Bonchev–Trinajstić information content (AvgIpc) is 3.48. The predicted molar refractivity (Wildman–Crippen MR) is 167 cm³/mol. The Morgan fingerprint density at radius 1 is 0.957 bits per heavy atom. The normalized spacial score (nSPS) is 15.9. The highest BCUT2D eigenvalue weighted by Crippen LogP contribution is 2.30. The van der Waals surface area contributed by atoms with Gasteiger partial charge in [0.2, 0.25) is 21.8 Å². The number of imide groups is 1. The summed E-state index contributed by atoms with van der Waals surface area (Å²) in [4.78, 5) is 53.9. The molecule has 0 aliphatic carbocycles. The number of rotatable bonds is 9. The number of halogens is 7. The van der Waals surface area contributed by atoms with Crippen LogP contribution in [-0.2, 0) is 30.8 Å². The van der Waals surface area contributed by atoms with Gasteiger partial charge in [-0.1, -0.05) is 58.5 Å². The molecule has 3 aromatic rings. The van der Waals surface area contributed by atoms with E-state index in [1.54, 1.807) is 0 Å². The summed E-state index contributed by atoms with van der Waals surface area (Å²) in [6.45, 7) is -0.0862. The van der Waals surface area contributed by atoms with E-state index in [-0.39, 0.29) is 61.2 Å². The van der Waals surface area contributed by atoms with E-state index >= 15 is 0 Å². The zero-order chi connectivity index (χ0) is 34.7. The van der Waals surface area contributed by atoms with Crippen molar-refractivity contribution in [3.8, 4) is 0 Å². The molecular weight excluding hydrogens is 733 g/mol. The van der Waals surface area contributed by atoms with Gasteiger partial charge in [0.15, 0.2) is 0 Å². The fourth-order valence-corrected chi connectivity index (χ4v) is 7.55. The molecule has 250 valence electrons. The Kier molecular flexibility index (Phi) is 11.4. The SMILES string of the molecule is O=C(Nc1ccc(C[C@H](NC(=O)[C@@H]2CCCN2S(=O)(=O)c2cc(Cl)cc(Cl)c2)C(=O)NC(=O)C(F)(F)F)cc1)c1c(Cl)cncc1Cl. The summed E-state index contributed by atoms with van der Waals surface area (Å²) in [5.74, 6) is -5.71. The smallest absolute Gasteiger partial charge is 0.343 e. The van der Waals surface area contributed by atoms with Gasteiger partial charge in [-0.25, -0.2) is 8.42 Å². The Balaban J connectivity index is 1.54. The Labute approximate surface area is 285 Å². The van der Waals surface area contributed by atoms with Crippen LogP contribution in [0, 0.1) is 0 Å². The molecule has 19 heteroatoms. The minimum Gasteiger partial charge on any atom is -0.343 e. The van der Waals surface area contributed by atoms with Gasteiger partial charge in [-0.05, 0) is 48.7 Å². The van der Waals surface area contributed by atoms with Gasteiger partial charge >= 0.3 is 12.1 Å². The van der Waals surface area contributed by atoms with Crippen LogP contribution in [0.4, 0.5) is 18.9 Å². The van der Waals surface area contributed by atoms with Crippen LogP contribution in [0.25, 0.3) is 0 Å². The second-order valence-electron chi connectivity index (χ2n) is 10.1. The zero-order valence-corrected chi connectivity index (χ0v) is 27.4. The van der Waals surface area contributed by atoms with E-state index in [4.69, 9.17) is 46.4 Å². The van der Waals surface area contributed by atoms with Crippen molar-refractivity contribution in [1.29, 1.82) is 0 Å². The van der Waals surface area contributed by atoms with Crippen molar-refractivity contribution >= 4 is 85.7 Å². The number of sulfonamides is 1. The van der Waals surface area contributed by atoms with Crippen molar-refractivity contribution in [2.75, 3.05) is 11.9 Å². The van der Waals surface area contributed by atoms with E-state index in [2.05, 4.69) is 15.6 Å². The Hall–Kier alpha value is -3.47. The summed E-state index contributed by atoms with van der Waals surface area (Å²) in [7, 11) is -4.33. The van der Waals surface area contributed by atoms with Gasteiger partial charge in [-0.2, -0.15) is 17.5 Å². The third kappa shape index (κ3) is 8.91. The molecular formula is C28H22Cl4F3N5O6S. The molecule has 1 fully saturated rings. The molecule has 1 saturated heterocycles. The first-order valence-electron chi connectivity index (χ1n) is 13.4. The number of nitrogens with one attached hydrogen (secondary N) is 3. The number of aromatic nitrogens is 1. The summed E-state index contributed by atoms with van der Waals surface area (Å²) in [6.07, 6.45) is -3.11. The van der Waals surface area contributed by atoms with Crippen molar-refractivity contribution in [3.05, 3.63) is 86.1 Å². The van der Waals surface area contributed by atoms with Gasteiger partial charge in [0, 0.05) is 41.1 Å². The standard InChI is InChI=1S/C28H22Cl4F3N5O6S/c29-15-9-16(30)11-18(10-15)47(45,46)40-7-1-2-22(40)25(42)38-21(24(41)39-27(44)28(33,34)35)8-14-3-5-17(6-4-14)37-26(43)23-19(31)12-36-13-20(23)32/h3-6,9-13,21-22H,1-2,7-8H2,(H,37,43)(H,38,42)(H,39,41,44)/t21-,22-/m0/s1. The lowest BCUT2D eigenvalue weighted by atomic mass is 10.0. The average molecular weight is 755 g/mol. The minimum atomic E-state index is -5.40. The van der Waals surface area contributed by atoms with Crippen LogP contribution in [0.5, 0.6) is 0 Å². The number of benzene rings is 2. The van der Waals surface area contributed by atoms with Gasteiger partial charge in [0.25, 0.3) is 5.91 Å². The van der Waals surface area contributed by atoms with Crippen molar-refractivity contribution < 1.29 is 40.8 Å². The zero-order valence-electron chi connectivity index (χ0n) is 23.6. The first-order valence-corrected chi connectivity index (χ1v) is 16.3. The van der Waals surface area contributed by atoms with E-state index in [0.717, 1.165) is 16.4 Å². The monoisotopic (exact) mass is 753 g/mol. The number of alkyl halides is 3. The second kappa shape index (κ2) is 14.7. The Bertz CT molecular complexity index is 1790. The van der Waals surface area contributed by atoms with Crippen LogP contribution in [0.3, 0.4) is 0 Å². The van der Waals surface area contributed by atoms with Crippen LogP contribution >= 0.6 is 46.4 Å². The third-order valence-corrected chi connectivity index (χ3v) is 9.70. The molecule has 2 atom stereocenters. The summed E-state index contributed by atoms with van der Waals surface area (Å²) < 4.78 is 66.4. The van der Waals surface area contributed by atoms with Crippen molar-refractivity contribution in [3.63, 3.8) is 0 Å². The summed E-state index contributed by atoms with van der Waals surface area (Å²) in [5, 5.41) is 6.11. The maximum Gasteiger partial charge on any atom is 0.471 e. The number of carbonyl (C=O) groups excluding carboxylic acids is 4. The van der Waals surface area contributed by atoms with E-state index in [1.807, 2.05) is 0 Å². The molecule has 1 aliphatic heterocycles. The maximum atomic E-state index is 13.4. The Morgan fingerprint density at radius 2 is 1.55 bits per heavy atom. The van der Waals surface area contributed by atoms with Gasteiger partial charge in [-0.15, -0.1) is 0 Å². The van der Waals surface area contributed by atoms with Crippen molar-refractivity contribution in [1.82, 2.24) is 19.9 Å². The highest BCUT2D eigenvalue weighted by atomic mass is 35.5. The van der Waals surface area contributed by atoms with E-state index in [9.17, 15) is 40.8 Å². The fraction of sp³-hybridized carbons (Fsp3) is 0.250. The van der Waals surface area contributed by atoms with Gasteiger partial charge in [0.1, 0.15) is 12.1 Å². The van der Waals surface area contributed by atoms with Crippen molar-refractivity contribution in [2.24, 2.45) is 0 Å². The van der Waals surface area contributed by atoms with Gasteiger partial charge in [0.05, 0.1) is 20.5 Å². The summed E-state index contributed by atoms with van der Waals surface area (Å²) in [6, 6.07) is 6.09. The van der Waals surface area contributed by atoms with E-state index in [0.29, 0.717) is 0 Å². The summed E-state index contributed by atoms with van der Waals surface area (Å²) in [5.41, 5.74) is 0.489. The first kappa shape index (κ1) is 36.4. The van der Waals surface area contributed by atoms with Gasteiger partial charge < -0.3 is 10.6 Å². The molecule has 0 bridgehead atoms. The fourth-order valence-electron chi connectivity index (χ4n) is 4.63. The van der Waals surface area contributed by atoms with Crippen molar-refractivity contribution in [2.45, 2.75) is 42.4 Å². The molecule has 0 unspecified atom stereocenters. The lowest BCUT2D eigenvalue weighted by molar-refractivity contribution is -0.175. The molecule has 47 heavy (non-hydrogen) atoms. The van der Waals surface area contributed by atoms with E-state index < -0.39 is 58.3 Å². The maximum absolute atomic E-state index is 13.4. The quantitative estimate of drug-likeness (QED) is 0.277. The first-order chi connectivity index (χ1) is 22.0. The largest absolute Gasteiger partial charge is 0.471 e. The number of hydrogen-bond acceptors (Lipinski definition) is 7. The molecule has 3 N–H and O–H groups in total. The van der Waals surface area contributed by atoms with Crippen LogP contribution < -0.4 is 16.0 Å². The molecule has 2 heterocycles. The van der Waals surface area contributed by atoms with Crippen LogP contribution in [0.2, 0.25) is 20.1 Å². The number of nitrogens with zero attached hydrogens (tertiary/aromatic N) is 2. The highest BCUT2D eigenvalue weighted by molar-refractivity contribution is 7.89. The number of carbonyl (C=O) groups is 4. The Morgan fingerprint density at radius 3 is 2.13 bits per heavy atom. The molecule has 4 amide bonds. The summed E-state index contributed by atoms with van der Waals surface area (Å²) >= 11 is 23.9. The lowest BCUT2D eigenvalue weighted by Crippen LogP contribution is -2.55. The number of amides is 4. The number of anilines is 1. The molecule has 1 aromatic heterocycles. The van der Waals surface area contributed by atoms with Gasteiger partial charge in [-0.3, -0.25) is 29.5 Å². The van der Waals surface area contributed by atoms with Crippen LogP contribution in [0.1, 0.15) is 28.8 Å². The molecule has 0 spiro atoms. The second-order valence-corrected chi connectivity index (χ2v) is 13.7. The van der Waals surface area contributed by atoms with E-state index in [1.165, 1.54) is 48.0 Å². The van der Waals surface area contributed by atoms with Crippen LogP contribution in [-0.4, -0.2) is 66.1 Å². The minimum absolute atomic E-state index is 0.00499. The third-order valence-electron chi connectivity index (χ3n) is 6.81.